The quantitative estimate of drug-likeness (QED) is 0.704. The van der Waals surface area contributed by atoms with Crippen LogP contribution in [0.2, 0.25) is 0 Å². The van der Waals surface area contributed by atoms with Crippen LogP contribution in [0, 0.1) is 0 Å². The van der Waals surface area contributed by atoms with Gasteiger partial charge in [0, 0.05) is 6.08 Å². The van der Waals surface area contributed by atoms with Crippen LogP contribution in [0.25, 0.3) is 6.08 Å². The number of aromatic hydroxyl groups is 1. The Morgan fingerprint density at radius 1 is 1.22 bits per heavy atom. The summed E-state index contributed by atoms with van der Waals surface area (Å²) in [6, 6.07) is 6.28. The first-order chi connectivity index (χ1) is 8.31. The molecule has 0 saturated carbocycles. The number of amides is 1. The molecule has 0 bridgehead atoms. The second kappa shape index (κ2) is 5.35. The van der Waals surface area contributed by atoms with E-state index >= 15 is 0 Å². The number of benzene rings is 1. The smallest absolute Gasteiger partial charge is 0.328 e. The molecule has 18 heavy (non-hydrogen) atoms. The lowest BCUT2D eigenvalue weighted by molar-refractivity contribution is -0.145. The van der Waals surface area contributed by atoms with E-state index < -0.39 is 17.4 Å². The van der Waals surface area contributed by atoms with Crippen LogP contribution in [-0.4, -0.2) is 27.6 Å². The molecule has 1 amide bonds. The molecule has 5 nitrogen and oxygen atoms in total. The molecule has 96 valence electrons. The Morgan fingerprint density at radius 2 is 1.78 bits per heavy atom. The van der Waals surface area contributed by atoms with Crippen molar-refractivity contribution in [3.8, 4) is 5.75 Å². The molecule has 5 heteroatoms. The first-order valence-electron chi connectivity index (χ1n) is 5.34. The van der Waals surface area contributed by atoms with E-state index in [1.807, 2.05) is 0 Å². The molecule has 0 saturated heterocycles. The molecule has 0 atom stereocenters. The normalized spacial score (nSPS) is 11.4. The summed E-state index contributed by atoms with van der Waals surface area (Å²) in [7, 11) is 0. The first-order valence-corrected chi connectivity index (χ1v) is 5.34. The molecule has 0 unspecified atom stereocenters. The van der Waals surface area contributed by atoms with Crippen LogP contribution in [-0.2, 0) is 9.59 Å². The van der Waals surface area contributed by atoms with Crippen molar-refractivity contribution < 1.29 is 19.8 Å². The van der Waals surface area contributed by atoms with Gasteiger partial charge in [0.05, 0.1) is 0 Å². The van der Waals surface area contributed by atoms with Gasteiger partial charge in [-0.15, -0.1) is 0 Å². The number of carbonyl (C=O) groups is 2. The van der Waals surface area contributed by atoms with Gasteiger partial charge < -0.3 is 15.5 Å². The highest BCUT2D eigenvalue weighted by molar-refractivity contribution is 5.95. The largest absolute Gasteiger partial charge is 0.508 e. The summed E-state index contributed by atoms with van der Waals surface area (Å²) in [5.41, 5.74) is -0.577. The van der Waals surface area contributed by atoms with Crippen molar-refractivity contribution in [2.24, 2.45) is 0 Å². The van der Waals surface area contributed by atoms with Crippen molar-refractivity contribution in [1.29, 1.82) is 0 Å². The molecule has 1 rings (SSSR count). The number of phenolic OH excluding ortho intramolecular Hbond substituents is 1. The maximum Gasteiger partial charge on any atom is 0.328 e. The van der Waals surface area contributed by atoms with Crippen LogP contribution in [0.5, 0.6) is 5.75 Å². The highest BCUT2D eigenvalue weighted by atomic mass is 16.4. The third-order valence-corrected chi connectivity index (χ3v) is 2.29. The summed E-state index contributed by atoms with van der Waals surface area (Å²) in [6.07, 6.45) is 2.78. The highest BCUT2D eigenvalue weighted by Crippen LogP contribution is 2.10. The van der Waals surface area contributed by atoms with Gasteiger partial charge in [-0.2, -0.15) is 0 Å². The van der Waals surface area contributed by atoms with Gasteiger partial charge in [-0.1, -0.05) is 12.1 Å². The highest BCUT2D eigenvalue weighted by Gasteiger charge is 2.27. The zero-order chi connectivity index (χ0) is 13.8. The number of carboxylic acids is 1. The minimum atomic E-state index is -1.31. The zero-order valence-corrected chi connectivity index (χ0v) is 10.2. The maximum atomic E-state index is 11.5. The van der Waals surface area contributed by atoms with Gasteiger partial charge in [0.1, 0.15) is 11.3 Å². The molecule has 0 spiro atoms. The van der Waals surface area contributed by atoms with Crippen molar-refractivity contribution in [2.75, 3.05) is 0 Å². The maximum absolute atomic E-state index is 11.5. The number of aliphatic carboxylic acids is 1. The minimum Gasteiger partial charge on any atom is -0.508 e. The van der Waals surface area contributed by atoms with Gasteiger partial charge in [0.15, 0.2) is 0 Å². The third kappa shape index (κ3) is 3.93. The summed E-state index contributed by atoms with van der Waals surface area (Å²) in [5.74, 6) is -1.45. The molecular formula is C13H15NO4. The number of rotatable bonds is 4. The minimum absolute atomic E-state index is 0.142. The molecule has 0 fully saturated rings. The number of carboxylic acid groups (broad SMARTS) is 1. The second-order valence-electron chi connectivity index (χ2n) is 4.34. The van der Waals surface area contributed by atoms with E-state index in [0.29, 0.717) is 0 Å². The lowest BCUT2D eigenvalue weighted by atomic mass is 10.1. The first kappa shape index (κ1) is 13.8. The van der Waals surface area contributed by atoms with E-state index in [1.54, 1.807) is 12.1 Å². The van der Waals surface area contributed by atoms with Crippen LogP contribution >= 0.6 is 0 Å². The van der Waals surface area contributed by atoms with Crippen LogP contribution in [0.4, 0.5) is 0 Å². The molecule has 0 aliphatic rings. The predicted molar refractivity (Wildman–Crippen MR) is 67.0 cm³/mol. The van der Waals surface area contributed by atoms with Gasteiger partial charge in [-0.05, 0) is 37.6 Å². The van der Waals surface area contributed by atoms with Crippen LogP contribution in [0.1, 0.15) is 19.4 Å². The molecular weight excluding hydrogens is 234 g/mol. The second-order valence-corrected chi connectivity index (χ2v) is 4.34. The van der Waals surface area contributed by atoms with Crippen molar-refractivity contribution in [3.05, 3.63) is 35.9 Å². The van der Waals surface area contributed by atoms with Crippen LogP contribution in [0.3, 0.4) is 0 Å². The SMILES string of the molecule is CC(C)(NC(=O)C=Cc1ccc(O)cc1)C(=O)O. The molecule has 0 aliphatic heterocycles. The summed E-state index contributed by atoms with van der Waals surface area (Å²) in [5, 5.41) is 20.3. The average Bonchev–Trinajstić information content (AvgIpc) is 2.27. The topological polar surface area (TPSA) is 86.6 Å². The van der Waals surface area contributed by atoms with Crippen molar-refractivity contribution in [1.82, 2.24) is 5.32 Å². The Morgan fingerprint density at radius 3 is 2.28 bits per heavy atom. The summed E-state index contributed by atoms with van der Waals surface area (Å²) < 4.78 is 0. The van der Waals surface area contributed by atoms with E-state index in [1.165, 1.54) is 38.1 Å². The summed E-state index contributed by atoms with van der Waals surface area (Å²) in [6.45, 7) is 2.81. The van der Waals surface area contributed by atoms with Gasteiger partial charge in [-0.3, -0.25) is 4.79 Å². The molecule has 0 aliphatic carbocycles. The summed E-state index contributed by atoms with van der Waals surface area (Å²) in [4.78, 5) is 22.3. The standard InChI is InChI=1S/C13H15NO4/c1-13(2,12(17)18)14-11(16)8-5-9-3-6-10(15)7-4-9/h3-8,15H,1-2H3,(H,14,16)(H,17,18). The molecule has 0 heterocycles. The van der Waals surface area contributed by atoms with E-state index in [4.69, 9.17) is 10.2 Å². The zero-order valence-electron chi connectivity index (χ0n) is 10.2. The van der Waals surface area contributed by atoms with E-state index in [-0.39, 0.29) is 5.75 Å². The number of carbonyl (C=O) groups excluding carboxylic acids is 1. The molecule has 3 N–H and O–H groups in total. The Kier molecular flexibility index (Phi) is 4.09. The van der Waals surface area contributed by atoms with Gasteiger partial charge in [-0.25, -0.2) is 4.79 Å². The van der Waals surface area contributed by atoms with Gasteiger partial charge in [0.25, 0.3) is 0 Å². The fourth-order valence-corrected chi connectivity index (χ4v) is 1.16. The number of phenols is 1. The Labute approximate surface area is 105 Å². The molecule has 1 aromatic rings. The van der Waals surface area contributed by atoms with Crippen molar-refractivity contribution in [2.45, 2.75) is 19.4 Å². The molecule has 1 aromatic carbocycles. The van der Waals surface area contributed by atoms with Crippen LogP contribution in [0.15, 0.2) is 30.3 Å². The van der Waals surface area contributed by atoms with Crippen molar-refractivity contribution in [3.63, 3.8) is 0 Å². The Balaban J connectivity index is 2.65. The van der Waals surface area contributed by atoms with E-state index in [9.17, 15) is 9.59 Å². The molecule has 0 radical (unpaired) electrons. The monoisotopic (exact) mass is 249 g/mol. The molecule has 0 aromatic heterocycles. The fraction of sp³-hybridized carbons (Fsp3) is 0.231. The predicted octanol–water partition coefficient (Wildman–Crippen LogP) is 1.38. The number of hydrogen-bond donors (Lipinski definition) is 3. The number of hydrogen-bond acceptors (Lipinski definition) is 3. The average molecular weight is 249 g/mol. The van der Waals surface area contributed by atoms with E-state index in [2.05, 4.69) is 5.32 Å². The Hall–Kier alpha value is -2.30. The summed E-state index contributed by atoms with van der Waals surface area (Å²) >= 11 is 0. The van der Waals surface area contributed by atoms with Gasteiger partial charge in [0.2, 0.25) is 5.91 Å². The third-order valence-electron chi connectivity index (χ3n) is 2.29. The lowest BCUT2D eigenvalue weighted by Crippen LogP contribution is -2.49. The van der Waals surface area contributed by atoms with Crippen molar-refractivity contribution >= 4 is 18.0 Å². The fourth-order valence-electron chi connectivity index (χ4n) is 1.16. The lowest BCUT2D eigenvalue weighted by Gasteiger charge is -2.19. The van der Waals surface area contributed by atoms with E-state index in [0.717, 1.165) is 5.56 Å². The number of nitrogens with one attached hydrogen (secondary N) is 1. The van der Waals surface area contributed by atoms with Gasteiger partial charge >= 0.3 is 5.97 Å². The van der Waals surface area contributed by atoms with Crippen LogP contribution < -0.4 is 5.32 Å². The Bertz CT molecular complexity index is 474.